The Balaban J connectivity index is 2.51. The van der Waals surface area contributed by atoms with Crippen LogP contribution in [0.4, 0.5) is 0 Å². The van der Waals surface area contributed by atoms with E-state index in [4.69, 9.17) is 16.7 Å². The summed E-state index contributed by atoms with van der Waals surface area (Å²) in [6, 6.07) is 0. The first-order chi connectivity index (χ1) is 4.22. The fraction of sp³-hybridized carbons (Fsp3) is 0.833. The van der Waals surface area contributed by atoms with E-state index >= 15 is 0 Å². The molecule has 2 atom stereocenters. The summed E-state index contributed by atoms with van der Waals surface area (Å²) >= 11 is 5.52. The number of alkyl halides is 1. The van der Waals surface area contributed by atoms with Gasteiger partial charge in [-0.1, -0.05) is 0 Å². The molecule has 0 amide bonds. The van der Waals surface area contributed by atoms with Crippen molar-refractivity contribution in [3.63, 3.8) is 0 Å². The van der Waals surface area contributed by atoms with Gasteiger partial charge in [0.05, 0.1) is 6.10 Å². The zero-order valence-electron chi connectivity index (χ0n) is 5.01. The predicted octanol–water partition coefficient (Wildman–Crippen LogP) is 0.708. The second-order valence-corrected chi connectivity index (χ2v) is 2.80. The van der Waals surface area contributed by atoms with E-state index in [-0.39, 0.29) is 5.78 Å². The van der Waals surface area contributed by atoms with Gasteiger partial charge in [-0.05, 0) is 12.8 Å². The summed E-state index contributed by atoms with van der Waals surface area (Å²) in [5.74, 6) is -0.0181. The maximum Gasteiger partial charge on any atom is 0.153 e. The van der Waals surface area contributed by atoms with Crippen LogP contribution in [-0.4, -0.2) is 22.4 Å². The van der Waals surface area contributed by atoms with Gasteiger partial charge in [-0.15, -0.1) is 11.6 Å². The lowest BCUT2D eigenvalue weighted by molar-refractivity contribution is -0.122. The molecule has 0 aliphatic heterocycles. The molecule has 0 spiro atoms. The van der Waals surface area contributed by atoms with Gasteiger partial charge in [0, 0.05) is 6.42 Å². The van der Waals surface area contributed by atoms with Crippen molar-refractivity contribution in [3.05, 3.63) is 0 Å². The van der Waals surface area contributed by atoms with Gasteiger partial charge >= 0.3 is 0 Å². The fourth-order valence-electron chi connectivity index (χ4n) is 0.984. The number of halogens is 1. The molecular weight excluding hydrogens is 140 g/mol. The zero-order valence-corrected chi connectivity index (χ0v) is 5.77. The Hall–Kier alpha value is -0.0800. The third-order valence-corrected chi connectivity index (χ3v) is 2.10. The van der Waals surface area contributed by atoms with E-state index in [0.717, 1.165) is 6.42 Å². The van der Waals surface area contributed by atoms with Gasteiger partial charge < -0.3 is 5.11 Å². The number of carbonyl (C=O) groups excluding carboxylic acids is 1. The summed E-state index contributed by atoms with van der Waals surface area (Å²) in [4.78, 5) is 10.7. The van der Waals surface area contributed by atoms with Crippen molar-refractivity contribution >= 4 is 17.4 Å². The lowest BCUT2D eigenvalue weighted by Crippen LogP contribution is -2.33. The number of rotatable bonds is 0. The molecule has 0 aromatic heterocycles. The second-order valence-electron chi connectivity index (χ2n) is 2.33. The number of ketones is 1. The number of hydrogen-bond acceptors (Lipinski definition) is 2. The smallest absolute Gasteiger partial charge is 0.153 e. The van der Waals surface area contributed by atoms with Crippen LogP contribution in [0.2, 0.25) is 0 Å². The molecular formula is C6H9ClO2. The number of aliphatic hydroxyl groups is 1. The molecule has 9 heavy (non-hydrogen) atoms. The fourth-order valence-corrected chi connectivity index (χ4v) is 1.22. The van der Waals surface area contributed by atoms with Gasteiger partial charge in [-0.3, -0.25) is 4.79 Å². The maximum atomic E-state index is 10.7. The molecule has 0 radical (unpaired) electrons. The van der Waals surface area contributed by atoms with E-state index in [1.165, 1.54) is 0 Å². The van der Waals surface area contributed by atoms with Crippen molar-refractivity contribution in [2.24, 2.45) is 0 Å². The van der Waals surface area contributed by atoms with Crippen LogP contribution in [-0.2, 0) is 4.79 Å². The Morgan fingerprint density at radius 3 is 2.78 bits per heavy atom. The highest BCUT2D eigenvalue weighted by Gasteiger charge is 2.27. The Morgan fingerprint density at radius 1 is 1.67 bits per heavy atom. The van der Waals surface area contributed by atoms with E-state index in [1.807, 2.05) is 0 Å². The average Bonchev–Trinajstić information content (AvgIpc) is 1.83. The summed E-state index contributed by atoms with van der Waals surface area (Å²) < 4.78 is 0. The number of aliphatic hydroxyl groups excluding tert-OH is 1. The van der Waals surface area contributed by atoms with Crippen LogP contribution in [0, 0.1) is 0 Å². The molecule has 1 fully saturated rings. The minimum atomic E-state index is -0.640. The van der Waals surface area contributed by atoms with E-state index < -0.39 is 11.5 Å². The quantitative estimate of drug-likeness (QED) is 0.514. The molecule has 0 aromatic carbocycles. The summed E-state index contributed by atoms with van der Waals surface area (Å²) in [7, 11) is 0. The Bertz CT molecular complexity index is 124. The minimum Gasteiger partial charge on any atom is -0.391 e. The SMILES string of the molecule is O=C1CCC[C@@H](O)[C@@H]1Cl. The number of carbonyl (C=O) groups is 1. The molecule has 0 bridgehead atoms. The lowest BCUT2D eigenvalue weighted by atomic mass is 9.96. The van der Waals surface area contributed by atoms with Crippen molar-refractivity contribution in [2.45, 2.75) is 30.7 Å². The van der Waals surface area contributed by atoms with Crippen LogP contribution in [0.1, 0.15) is 19.3 Å². The lowest BCUT2D eigenvalue weighted by Gasteiger charge is -2.20. The van der Waals surface area contributed by atoms with Gasteiger partial charge in [0.2, 0.25) is 0 Å². The summed E-state index contributed by atoms with van der Waals surface area (Å²) in [6.45, 7) is 0. The van der Waals surface area contributed by atoms with Crippen molar-refractivity contribution in [1.29, 1.82) is 0 Å². The summed E-state index contributed by atoms with van der Waals surface area (Å²) in [5.41, 5.74) is 0. The van der Waals surface area contributed by atoms with Crippen LogP contribution in [0.5, 0.6) is 0 Å². The third kappa shape index (κ3) is 1.43. The van der Waals surface area contributed by atoms with E-state index in [1.54, 1.807) is 0 Å². The summed E-state index contributed by atoms with van der Waals surface area (Å²) in [6.07, 6.45) is 1.38. The standard InChI is InChI=1S/C6H9ClO2/c7-6-4(8)2-1-3-5(6)9/h4,6,8H,1-3H2/t4-,6+/m1/s1. The number of Topliss-reactive ketones (excluding diaryl/α,β-unsaturated/α-hetero) is 1. The van der Waals surface area contributed by atoms with Crippen LogP contribution in [0.25, 0.3) is 0 Å². The topological polar surface area (TPSA) is 37.3 Å². The van der Waals surface area contributed by atoms with Crippen molar-refractivity contribution in [1.82, 2.24) is 0 Å². The van der Waals surface area contributed by atoms with Crippen LogP contribution >= 0.6 is 11.6 Å². The first kappa shape index (κ1) is 7.03. The Kier molecular flexibility index (Phi) is 2.09. The minimum absolute atomic E-state index is 0.0181. The second kappa shape index (κ2) is 2.67. The van der Waals surface area contributed by atoms with Crippen LogP contribution in [0.15, 0.2) is 0 Å². The van der Waals surface area contributed by atoms with E-state index in [0.29, 0.717) is 12.8 Å². The molecule has 0 heterocycles. The Labute approximate surface area is 58.8 Å². The van der Waals surface area contributed by atoms with Gasteiger partial charge in [0.1, 0.15) is 5.38 Å². The molecule has 1 N–H and O–H groups in total. The third-order valence-electron chi connectivity index (χ3n) is 1.57. The van der Waals surface area contributed by atoms with Gasteiger partial charge in [0.25, 0.3) is 0 Å². The molecule has 1 rings (SSSR count). The molecule has 0 aromatic rings. The summed E-state index contributed by atoms with van der Waals surface area (Å²) in [5, 5.41) is 8.36. The number of hydrogen-bond donors (Lipinski definition) is 1. The largest absolute Gasteiger partial charge is 0.391 e. The van der Waals surface area contributed by atoms with E-state index in [2.05, 4.69) is 0 Å². The zero-order chi connectivity index (χ0) is 6.85. The molecule has 0 unspecified atom stereocenters. The normalized spacial score (nSPS) is 36.9. The molecule has 1 saturated carbocycles. The maximum absolute atomic E-state index is 10.7. The van der Waals surface area contributed by atoms with E-state index in [9.17, 15) is 4.79 Å². The van der Waals surface area contributed by atoms with Crippen molar-refractivity contribution < 1.29 is 9.90 Å². The highest BCUT2D eigenvalue weighted by Crippen LogP contribution is 2.19. The van der Waals surface area contributed by atoms with Gasteiger partial charge in [-0.2, -0.15) is 0 Å². The monoisotopic (exact) mass is 148 g/mol. The molecule has 1 aliphatic rings. The predicted molar refractivity (Wildman–Crippen MR) is 34.5 cm³/mol. The molecule has 52 valence electrons. The van der Waals surface area contributed by atoms with Gasteiger partial charge in [-0.25, -0.2) is 0 Å². The van der Waals surface area contributed by atoms with Crippen LogP contribution in [0.3, 0.4) is 0 Å². The molecule has 1 aliphatic carbocycles. The highest BCUT2D eigenvalue weighted by atomic mass is 35.5. The first-order valence-electron chi connectivity index (χ1n) is 3.06. The molecule has 3 heteroatoms. The van der Waals surface area contributed by atoms with Crippen molar-refractivity contribution in [2.75, 3.05) is 0 Å². The van der Waals surface area contributed by atoms with Gasteiger partial charge in [0.15, 0.2) is 5.78 Å². The molecule has 2 nitrogen and oxygen atoms in total. The average molecular weight is 149 g/mol. The molecule has 0 saturated heterocycles. The van der Waals surface area contributed by atoms with Crippen LogP contribution < -0.4 is 0 Å². The first-order valence-corrected chi connectivity index (χ1v) is 3.50. The van der Waals surface area contributed by atoms with Crippen molar-refractivity contribution in [3.8, 4) is 0 Å². The highest BCUT2D eigenvalue weighted by molar-refractivity contribution is 6.31. The Morgan fingerprint density at radius 2 is 2.33 bits per heavy atom.